The minimum absolute atomic E-state index is 0.149. The summed E-state index contributed by atoms with van der Waals surface area (Å²) in [6.45, 7) is 0.371. The van der Waals surface area contributed by atoms with Crippen molar-refractivity contribution in [2.45, 2.75) is 17.3 Å². The molecule has 2 aromatic heterocycles. The van der Waals surface area contributed by atoms with Gasteiger partial charge >= 0.3 is 0 Å². The molecule has 27 heavy (non-hydrogen) atoms. The molecule has 13 heteroatoms. The fraction of sp³-hybridized carbons (Fsp3) is 0.214. The molecule has 0 unspecified atom stereocenters. The van der Waals surface area contributed by atoms with Gasteiger partial charge in [-0.05, 0) is 34.7 Å². The van der Waals surface area contributed by atoms with E-state index in [1.54, 1.807) is 12.1 Å². The number of rotatable bonds is 8. The molecule has 2 amide bonds. The lowest BCUT2D eigenvalue weighted by atomic mass is 10.3. The Bertz CT molecular complexity index is 900. The van der Waals surface area contributed by atoms with Gasteiger partial charge in [-0.3, -0.25) is 9.59 Å². The van der Waals surface area contributed by atoms with E-state index in [2.05, 4.69) is 52.3 Å². The highest BCUT2D eigenvalue weighted by Crippen LogP contribution is 2.25. The molecule has 140 valence electrons. The SMILES string of the molecule is O=C(CSc1nnc(NC(=O)CCn2cnnn2)s1)Nc1ccc(Br)cc1. The average molecular weight is 469 g/mol. The first-order valence-corrected chi connectivity index (χ1v) is 10.2. The third kappa shape index (κ3) is 6.37. The van der Waals surface area contributed by atoms with E-state index in [0.29, 0.717) is 16.0 Å². The van der Waals surface area contributed by atoms with E-state index in [9.17, 15) is 9.59 Å². The molecule has 0 aliphatic rings. The molecule has 2 heterocycles. The summed E-state index contributed by atoms with van der Waals surface area (Å²) in [5.41, 5.74) is 0.719. The molecule has 0 radical (unpaired) electrons. The summed E-state index contributed by atoms with van der Waals surface area (Å²) in [7, 11) is 0. The molecule has 0 aliphatic carbocycles. The largest absolute Gasteiger partial charge is 0.325 e. The van der Waals surface area contributed by atoms with Crippen LogP contribution in [0.2, 0.25) is 0 Å². The molecule has 0 spiro atoms. The molecular weight excluding hydrogens is 456 g/mol. The molecule has 1 aromatic carbocycles. The number of hydrogen-bond acceptors (Lipinski definition) is 9. The zero-order valence-corrected chi connectivity index (χ0v) is 16.9. The number of aryl methyl sites for hydroxylation is 1. The van der Waals surface area contributed by atoms with Gasteiger partial charge in [-0.1, -0.05) is 39.0 Å². The van der Waals surface area contributed by atoms with Crippen LogP contribution in [0.4, 0.5) is 10.8 Å². The number of thioether (sulfide) groups is 1. The molecule has 3 aromatic rings. The van der Waals surface area contributed by atoms with Gasteiger partial charge in [-0.25, -0.2) is 4.68 Å². The molecule has 0 aliphatic heterocycles. The number of halogens is 1. The maximum Gasteiger partial charge on any atom is 0.234 e. The van der Waals surface area contributed by atoms with Crippen LogP contribution in [-0.2, 0) is 16.1 Å². The van der Waals surface area contributed by atoms with Crippen molar-refractivity contribution in [3.05, 3.63) is 35.1 Å². The van der Waals surface area contributed by atoms with Gasteiger partial charge in [0, 0.05) is 16.6 Å². The number of tetrazole rings is 1. The Morgan fingerprint density at radius 2 is 1.96 bits per heavy atom. The van der Waals surface area contributed by atoms with Crippen molar-refractivity contribution in [2.24, 2.45) is 0 Å². The summed E-state index contributed by atoms with van der Waals surface area (Å²) in [6.07, 6.45) is 1.65. The fourth-order valence-corrected chi connectivity index (χ4v) is 3.69. The normalized spacial score (nSPS) is 10.6. The summed E-state index contributed by atoms with van der Waals surface area (Å²) in [5.74, 6) is -0.173. The lowest BCUT2D eigenvalue weighted by Gasteiger charge is -2.03. The van der Waals surface area contributed by atoms with E-state index in [1.165, 1.54) is 34.1 Å². The topological polar surface area (TPSA) is 128 Å². The zero-order chi connectivity index (χ0) is 19.1. The third-order valence-electron chi connectivity index (χ3n) is 3.07. The van der Waals surface area contributed by atoms with E-state index in [4.69, 9.17) is 0 Å². The first-order chi connectivity index (χ1) is 13.1. The van der Waals surface area contributed by atoms with Crippen molar-refractivity contribution in [1.82, 2.24) is 30.4 Å². The van der Waals surface area contributed by atoms with Gasteiger partial charge in [0.05, 0.1) is 12.3 Å². The number of nitrogens with zero attached hydrogens (tertiary/aromatic N) is 6. The van der Waals surface area contributed by atoms with Crippen LogP contribution in [0, 0.1) is 0 Å². The fourth-order valence-electron chi connectivity index (χ4n) is 1.86. The van der Waals surface area contributed by atoms with Crippen LogP contribution in [0.15, 0.2) is 39.4 Å². The maximum atomic E-state index is 12.0. The zero-order valence-electron chi connectivity index (χ0n) is 13.7. The van der Waals surface area contributed by atoms with Crippen molar-refractivity contribution in [3.63, 3.8) is 0 Å². The van der Waals surface area contributed by atoms with Crippen LogP contribution in [0.5, 0.6) is 0 Å². The van der Waals surface area contributed by atoms with E-state index < -0.39 is 0 Å². The molecule has 0 fully saturated rings. The van der Waals surface area contributed by atoms with Gasteiger partial charge in [0.15, 0.2) is 4.34 Å². The second-order valence-corrected chi connectivity index (χ2v) is 8.20. The third-order valence-corrected chi connectivity index (χ3v) is 5.57. The molecular formula is C14H13BrN8O2S2. The van der Waals surface area contributed by atoms with Crippen molar-refractivity contribution in [1.29, 1.82) is 0 Å². The molecule has 0 bridgehead atoms. The van der Waals surface area contributed by atoms with Crippen molar-refractivity contribution < 1.29 is 9.59 Å². The van der Waals surface area contributed by atoms with Gasteiger partial charge in [0.25, 0.3) is 0 Å². The smallest absolute Gasteiger partial charge is 0.234 e. The van der Waals surface area contributed by atoms with Gasteiger partial charge in [-0.15, -0.1) is 15.3 Å². The first kappa shape index (κ1) is 19.4. The number of nitrogens with one attached hydrogen (secondary N) is 2. The number of hydrogen-bond donors (Lipinski definition) is 2. The highest BCUT2D eigenvalue weighted by Gasteiger charge is 2.11. The standard InChI is InChI=1S/C14H13BrN8O2S2/c15-9-1-3-10(4-2-9)17-12(25)7-26-14-20-19-13(27-14)18-11(24)5-6-23-8-16-21-22-23/h1-4,8H,5-7H2,(H,17,25)(H,18,19,24). The predicted molar refractivity (Wildman–Crippen MR) is 104 cm³/mol. The predicted octanol–water partition coefficient (Wildman–Crippen LogP) is 2.05. The summed E-state index contributed by atoms with van der Waals surface area (Å²) >= 11 is 5.80. The van der Waals surface area contributed by atoms with Gasteiger partial charge in [-0.2, -0.15) is 0 Å². The number of anilines is 2. The number of carbonyl (C=O) groups excluding carboxylic acids is 2. The van der Waals surface area contributed by atoms with E-state index >= 15 is 0 Å². The van der Waals surface area contributed by atoms with Crippen LogP contribution in [0.25, 0.3) is 0 Å². The van der Waals surface area contributed by atoms with Gasteiger partial charge in [0.1, 0.15) is 6.33 Å². The maximum absolute atomic E-state index is 12.0. The number of amides is 2. The Labute approximate surface area is 170 Å². The quantitative estimate of drug-likeness (QED) is 0.379. The van der Waals surface area contributed by atoms with Gasteiger partial charge in [0.2, 0.25) is 16.9 Å². The van der Waals surface area contributed by atoms with E-state index in [0.717, 1.165) is 10.2 Å². The summed E-state index contributed by atoms with van der Waals surface area (Å²) in [4.78, 5) is 23.9. The van der Waals surface area contributed by atoms with Crippen molar-refractivity contribution >= 4 is 61.7 Å². The van der Waals surface area contributed by atoms with E-state index in [1.807, 2.05) is 12.1 Å². The van der Waals surface area contributed by atoms with Crippen LogP contribution in [0.1, 0.15) is 6.42 Å². The lowest BCUT2D eigenvalue weighted by Crippen LogP contribution is -2.14. The molecule has 10 nitrogen and oxygen atoms in total. The Morgan fingerprint density at radius 3 is 2.70 bits per heavy atom. The Kier molecular flexibility index (Phi) is 6.84. The number of benzene rings is 1. The summed E-state index contributed by atoms with van der Waals surface area (Å²) in [6, 6.07) is 7.31. The van der Waals surface area contributed by atoms with Crippen LogP contribution in [0.3, 0.4) is 0 Å². The Hall–Kier alpha value is -2.38. The van der Waals surface area contributed by atoms with Crippen molar-refractivity contribution in [3.8, 4) is 0 Å². The highest BCUT2D eigenvalue weighted by molar-refractivity contribution is 9.10. The van der Waals surface area contributed by atoms with E-state index in [-0.39, 0.29) is 24.0 Å². The van der Waals surface area contributed by atoms with Gasteiger partial charge < -0.3 is 10.6 Å². The van der Waals surface area contributed by atoms with Crippen molar-refractivity contribution in [2.75, 3.05) is 16.4 Å². The highest BCUT2D eigenvalue weighted by atomic mass is 79.9. The second kappa shape index (κ2) is 9.53. The van der Waals surface area contributed by atoms with Crippen LogP contribution < -0.4 is 10.6 Å². The van der Waals surface area contributed by atoms with Crippen LogP contribution in [-0.4, -0.2) is 48.0 Å². The molecule has 2 N–H and O–H groups in total. The van der Waals surface area contributed by atoms with Crippen LogP contribution >= 0.6 is 39.0 Å². The number of aromatic nitrogens is 6. The minimum Gasteiger partial charge on any atom is -0.325 e. The molecule has 0 atom stereocenters. The monoisotopic (exact) mass is 468 g/mol. The first-order valence-electron chi connectivity index (χ1n) is 7.61. The summed E-state index contributed by atoms with van der Waals surface area (Å²) in [5, 5.41) is 24.4. The number of carbonyl (C=O) groups is 2. The minimum atomic E-state index is -0.216. The molecule has 0 saturated carbocycles. The second-order valence-electron chi connectivity index (χ2n) is 5.09. The summed E-state index contributed by atoms with van der Waals surface area (Å²) < 4.78 is 3.00. The molecule has 0 saturated heterocycles. The Balaban J connectivity index is 1.41. The Morgan fingerprint density at radius 1 is 1.15 bits per heavy atom. The lowest BCUT2D eigenvalue weighted by molar-refractivity contribution is -0.116. The average Bonchev–Trinajstić information content (AvgIpc) is 3.32. The molecule has 3 rings (SSSR count).